The lowest BCUT2D eigenvalue weighted by molar-refractivity contribution is 0.512. The molecule has 16 heavy (non-hydrogen) atoms. The molecule has 0 bridgehead atoms. The maximum atomic E-state index is 4.39. The normalized spacial score (nSPS) is 11.6. The summed E-state index contributed by atoms with van der Waals surface area (Å²) in [5, 5.41) is 3.46. The molecule has 0 aliphatic rings. The van der Waals surface area contributed by atoms with E-state index in [0.29, 0.717) is 5.92 Å². The fourth-order valence-corrected chi connectivity index (χ4v) is 1.78. The largest absolute Gasteiger partial charge is 0.335 e. The molecule has 0 spiro atoms. The van der Waals surface area contributed by atoms with Gasteiger partial charge < -0.3 is 9.88 Å². The van der Waals surface area contributed by atoms with Crippen LogP contribution in [0.1, 0.15) is 45.9 Å². The molecule has 0 saturated heterocycles. The highest BCUT2D eigenvalue weighted by Gasteiger charge is 2.05. The van der Waals surface area contributed by atoms with E-state index < -0.39 is 0 Å². The number of hydrogen-bond acceptors (Lipinski definition) is 2. The van der Waals surface area contributed by atoms with Gasteiger partial charge in [-0.25, -0.2) is 4.98 Å². The summed E-state index contributed by atoms with van der Waals surface area (Å²) in [5.41, 5.74) is 0. The molecule has 1 rings (SSSR count). The van der Waals surface area contributed by atoms with E-state index in [2.05, 4.69) is 48.8 Å². The highest BCUT2D eigenvalue weighted by molar-refractivity contribution is 4.97. The minimum Gasteiger partial charge on any atom is -0.335 e. The molecule has 0 saturated carbocycles. The number of aromatic nitrogens is 2. The van der Waals surface area contributed by atoms with Crippen LogP contribution in [0.5, 0.6) is 0 Å². The third kappa shape index (κ3) is 4.35. The first-order valence-corrected chi connectivity index (χ1v) is 6.33. The maximum absolute atomic E-state index is 4.39. The van der Waals surface area contributed by atoms with Crippen LogP contribution in [0.3, 0.4) is 0 Å². The van der Waals surface area contributed by atoms with E-state index in [-0.39, 0.29) is 0 Å². The first kappa shape index (κ1) is 13.2. The van der Waals surface area contributed by atoms with Gasteiger partial charge in [-0.1, -0.05) is 27.7 Å². The first-order valence-electron chi connectivity index (χ1n) is 6.33. The lowest BCUT2D eigenvalue weighted by Gasteiger charge is -2.11. The Hall–Kier alpha value is -0.830. The molecule has 0 atom stereocenters. The monoisotopic (exact) mass is 223 g/mol. The second-order valence-electron chi connectivity index (χ2n) is 5.09. The Morgan fingerprint density at radius 2 is 2.06 bits per heavy atom. The van der Waals surface area contributed by atoms with Crippen molar-refractivity contribution in [2.75, 3.05) is 13.1 Å². The molecular formula is C13H25N3. The average molecular weight is 223 g/mol. The zero-order valence-electron chi connectivity index (χ0n) is 11.0. The van der Waals surface area contributed by atoms with Crippen LogP contribution in [-0.2, 0) is 6.54 Å². The van der Waals surface area contributed by atoms with Gasteiger partial charge in [-0.05, 0) is 25.4 Å². The Morgan fingerprint density at radius 1 is 1.31 bits per heavy atom. The molecule has 0 amide bonds. The van der Waals surface area contributed by atoms with E-state index in [4.69, 9.17) is 0 Å². The summed E-state index contributed by atoms with van der Waals surface area (Å²) in [7, 11) is 0. The summed E-state index contributed by atoms with van der Waals surface area (Å²) in [4.78, 5) is 4.39. The van der Waals surface area contributed by atoms with E-state index in [9.17, 15) is 0 Å². The molecule has 0 aliphatic heterocycles. The van der Waals surface area contributed by atoms with Gasteiger partial charge in [-0.15, -0.1) is 0 Å². The number of rotatable bonds is 7. The van der Waals surface area contributed by atoms with Crippen LogP contribution in [-0.4, -0.2) is 22.6 Å². The van der Waals surface area contributed by atoms with Crippen LogP contribution in [0.15, 0.2) is 12.4 Å². The molecular weight excluding hydrogens is 198 g/mol. The lowest BCUT2D eigenvalue weighted by Crippen LogP contribution is -2.22. The van der Waals surface area contributed by atoms with Crippen LogP contribution in [0, 0.1) is 5.92 Å². The lowest BCUT2D eigenvalue weighted by atomic mass is 10.2. The highest BCUT2D eigenvalue weighted by Crippen LogP contribution is 2.11. The van der Waals surface area contributed by atoms with Crippen LogP contribution in [0.2, 0.25) is 0 Å². The van der Waals surface area contributed by atoms with Gasteiger partial charge in [-0.3, -0.25) is 0 Å². The predicted octanol–water partition coefficient (Wildman–Crippen LogP) is 2.64. The molecule has 0 aromatic carbocycles. The molecule has 92 valence electrons. The van der Waals surface area contributed by atoms with Crippen molar-refractivity contribution in [2.24, 2.45) is 5.92 Å². The van der Waals surface area contributed by atoms with Gasteiger partial charge in [-0.2, -0.15) is 0 Å². The smallest absolute Gasteiger partial charge is 0.111 e. The number of nitrogens with zero attached hydrogens (tertiary/aromatic N) is 2. The summed E-state index contributed by atoms with van der Waals surface area (Å²) in [6, 6.07) is 0. The van der Waals surface area contributed by atoms with E-state index in [1.165, 1.54) is 12.2 Å². The first-order chi connectivity index (χ1) is 7.61. The topological polar surface area (TPSA) is 29.9 Å². The fourth-order valence-electron chi connectivity index (χ4n) is 1.78. The van der Waals surface area contributed by atoms with Crippen molar-refractivity contribution in [1.82, 2.24) is 14.9 Å². The zero-order valence-corrected chi connectivity index (χ0v) is 11.0. The molecule has 1 N–H and O–H groups in total. The number of hydrogen-bond donors (Lipinski definition) is 1. The fraction of sp³-hybridized carbons (Fsp3) is 0.769. The highest BCUT2D eigenvalue weighted by atomic mass is 15.1. The van der Waals surface area contributed by atoms with Gasteiger partial charge in [0, 0.05) is 24.9 Å². The molecule has 1 heterocycles. The van der Waals surface area contributed by atoms with Gasteiger partial charge >= 0.3 is 0 Å². The van der Waals surface area contributed by atoms with Gasteiger partial charge in [0.1, 0.15) is 5.82 Å². The number of imidazole rings is 1. The standard InChI is InChI=1S/C13H25N3/c1-11(2)10-14-6-5-8-16-9-7-15-13(16)12(3)4/h7,9,11-12,14H,5-6,8,10H2,1-4H3. The maximum Gasteiger partial charge on any atom is 0.111 e. The van der Waals surface area contributed by atoms with Crippen molar-refractivity contribution in [2.45, 2.75) is 46.6 Å². The predicted molar refractivity (Wildman–Crippen MR) is 68.6 cm³/mol. The Balaban J connectivity index is 2.24. The van der Waals surface area contributed by atoms with E-state index in [1.54, 1.807) is 0 Å². The minimum absolute atomic E-state index is 0.513. The van der Waals surface area contributed by atoms with Gasteiger partial charge in [0.05, 0.1) is 0 Å². The summed E-state index contributed by atoms with van der Waals surface area (Å²) in [6.07, 6.45) is 5.15. The Kier molecular flexibility index (Phi) is 5.53. The van der Waals surface area contributed by atoms with Gasteiger partial charge in [0.2, 0.25) is 0 Å². The molecule has 1 aromatic heterocycles. The molecule has 3 heteroatoms. The molecule has 1 aromatic rings. The minimum atomic E-state index is 0.513. The summed E-state index contributed by atoms with van der Waals surface area (Å²) >= 11 is 0. The van der Waals surface area contributed by atoms with Crippen molar-refractivity contribution >= 4 is 0 Å². The van der Waals surface area contributed by atoms with Crippen molar-refractivity contribution < 1.29 is 0 Å². The number of nitrogens with one attached hydrogen (secondary N) is 1. The SMILES string of the molecule is CC(C)CNCCCn1ccnc1C(C)C. The third-order valence-corrected chi connectivity index (χ3v) is 2.57. The molecule has 0 aliphatic carbocycles. The average Bonchev–Trinajstić information content (AvgIpc) is 2.65. The van der Waals surface area contributed by atoms with Crippen molar-refractivity contribution in [3.8, 4) is 0 Å². The molecule has 0 unspecified atom stereocenters. The summed E-state index contributed by atoms with van der Waals surface area (Å²) < 4.78 is 2.27. The summed E-state index contributed by atoms with van der Waals surface area (Å²) in [5.74, 6) is 2.45. The van der Waals surface area contributed by atoms with Crippen LogP contribution in [0.25, 0.3) is 0 Å². The molecule has 3 nitrogen and oxygen atoms in total. The van der Waals surface area contributed by atoms with Crippen LogP contribution >= 0.6 is 0 Å². The second kappa shape index (κ2) is 6.69. The molecule has 0 fully saturated rings. The van der Waals surface area contributed by atoms with Crippen molar-refractivity contribution in [1.29, 1.82) is 0 Å². The molecule has 0 radical (unpaired) electrons. The number of aryl methyl sites for hydroxylation is 1. The van der Waals surface area contributed by atoms with Crippen LogP contribution in [0.4, 0.5) is 0 Å². The Bertz CT molecular complexity index is 289. The summed E-state index contributed by atoms with van der Waals surface area (Å²) in [6.45, 7) is 12.1. The van der Waals surface area contributed by atoms with Gasteiger partial charge in [0.25, 0.3) is 0 Å². The van der Waals surface area contributed by atoms with E-state index >= 15 is 0 Å². The third-order valence-electron chi connectivity index (χ3n) is 2.57. The van der Waals surface area contributed by atoms with E-state index in [1.807, 2.05) is 6.20 Å². The second-order valence-corrected chi connectivity index (χ2v) is 5.09. The Morgan fingerprint density at radius 3 is 2.69 bits per heavy atom. The van der Waals surface area contributed by atoms with Crippen molar-refractivity contribution in [3.63, 3.8) is 0 Å². The quantitative estimate of drug-likeness (QED) is 0.720. The van der Waals surface area contributed by atoms with Gasteiger partial charge in [0.15, 0.2) is 0 Å². The van der Waals surface area contributed by atoms with E-state index in [0.717, 1.165) is 25.6 Å². The zero-order chi connectivity index (χ0) is 12.0. The van der Waals surface area contributed by atoms with Crippen LogP contribution < -0.4 is 5.32 Å². The van der Waals surface area contributed by atoms with Crippen molar-refractivity contribution in [3.05, 3.63) is 18.2 Å². The Labute approximate surface area is 99.3 Å².